The summed E-state index contributed by atoms with van der Waals surface area (Å²) in [5.74, 6) is 7.32. The first-order chi connectivity index (χ1) is 11.1. The third-order valence-electron chi connectivity index (χ3n) is 4.64. The number of hydrogen-bond donors (Lipinski definition) is 1. The standard InChI is InChI=1S/C18H19N3OS/c1-11-7-8-14-13(9-11)16-17(23-14)20-15(21(19)18(16)22)10-12-5-3-2-4-6-12/h2-6,11H,7-10,19H2,1H3. The van der Waals surface area contributed by atoms with Gasteiger partial charge in [-0.3, -0.25) is 4.79 Å². The molecule has 1 atom stereocenters. The van der Waals surface area contributed by atoms with E-state index in [9.17, 15) is 4.79 Å². The molecule has 0 fully saturated rings. The predicted octanol–water partition coefficient (Wildman–Crippen LogP) is 2.89. The van der Waals surface area contributed by atoms with Gasteiger partial charge in [0.2, 0.25) is 0 Å². The lowest BCUT2D eigenvalue weighted by molar-refractivity contribution is 0.508. The molecule has 2 heterocycles. The zero-order valence-corrected chi connectivity index (χ0v) is 13.9. The van der Waals surface area contributed by atoms with Crippen molar-refractivity contribution in [3.63, 3.8) is 0 Å². The lowest BCUT2D eigenvalue weighted by Crippen LogP contribution is -2.32. The number of nitrogen functional groups attached to an aromatic ring is 1. The maximum absolute atomic E-state index is 12.8. The van der Waals surface area contributed by atoms with Crippen molar-refractivity contribution in [3.8, 4) is 0 Å². The van der Waals surface area contributed by atoms with Crippen LogP contribution in [0.2, 0.25) is 0 Å². The minimum atomic E-state index is -0.104. The number of benzene rings is 1. The summed E-state index contributed by atoms with van der Waals surface area (Å²) < 4.78 is 1.24. The SMILES string of the molecule is CC1CCc2sc3nc(Cc4ccccc4)n(N)c(=O)c3c2C1. The molecule has 118 valence electrons. The van der Waals surface area contributed by atoms with E-state index >= 15 is 0 Å². The summed E-state index contributed by atoms with van der Waals surface area (Å²) in [4.78, 5) is 19.7. The van der Waals surface area contributed by atoms with Gasteiger partial charge < -0.3 is 5.84 Å². The van der Waals surface area contributed by atoms with Crippen molar-refractivity contribution in [2.24, 2.45) is 5.92 Å². The van der Waals surface area contributed by atoms with E-state index in [-0.39, 0.29) is 5.56 Å². The molecule has 4 nitrogen and oxygen atoms in total. The minimum Gasteiger partial charge on any atom is -0.335 e. The Labute approximate surface area is 138 Å². The first-order valence-corrected chi connectivity index (χ1v) is 8.80. The Morgan fingerprint density at radius 3 is 2.91 bits per heavy atom. The minimum absolute atomic E-state index is 0.104. The van der Waals surface area contributed by atoms with Crippen LogP contribution >= 0.6 is 11.3 Å². The molecule has 0 amide bonds. The Hall–Kier alpha value is -2.14. The molecule has 2 N–H and O–H groups in total. The van der Waals surface area contributed by atoms with E-state index in [0.29, 0.717) is 18.2 Å². The smallest absolute Gasteiger partial charge is 0.280 e. The van der Waals surface area contributed by atoms with Crippen LogP contribution in [-0.4, -0.2) is 9.66 Å². The summed E-state index contributed by atoms with van der Waals surface area (Å²) in [6.45, 7) is 2.24. The van der Waals surface area contributed by atoms with Crippen LogP contribution in [-0.2, 0) is 19.3 Å². The molecule has 1 unspecified atom stereocenters. The van der Waals surface area contributed by atoms with Crippen molar-refractivity contribution in [3.05, 3.63) is 62.5 Å². The van der Waals surface area contributed by atoms with Gasteiger partial charge in [-0.2, -0.15) is 0 Å². The maximum atomic E-state index is 12.8. The number of fused-ring (bicyclic) bond motifs is 3. The highest BCUT2D eigenvalue weighted by Gasteiger charge is 2.24. The van der Waals surface area contributed by atoms with Crippen LogP contribution in [0.15, 0.2) is 35.1 Å². The molecule has 0 spiro atoms. The van der Waals surface area contributed by atoms with E-state index in [1.165, 1.54) is 21.5 Å². The second-order valence-electron chi connectivity index (χ2n) is 6.40. The molecular weight excluding hydrogens is 306 g/mol. The summed E-state index contributed by atoms with van der Waals surface area (Å²) in [5, 5.41) is 0.746. The van der Waals surface area contributed by atoms with Crippen molar-refractivity contribution >= 4 is 21.6 Å². The van der Waals surface area contributed by atoms with Crippen LogP contribution in [0.1, 0.15) is 35.2 Å². The van der Waals surface area contributed by atoms with E-state index in [4.69, 9.17) is 10.8 Å². The van der Waals surface area contributed by atoms with E-state index in [1.54, 1.807) is 11.3 Å². The average Bonchev–Trinajstić information content (AvgIpc) is 2.91. The number of hydrogen-bond acceptors (Lipinski definition) is 4. The fraction of sp³-hybridized carbons (Fsp3) is 0.333. The summed E-state index contributed by atoms with van der Waals surface area (Å²) in [6, 6.07) is 10.00. The summed E-state index contributed by atoms with van der Waals surface area (Å²) in [6.07, 6.45) is 3.77. The Morgan fingerprint density at radius 2 is 2.13 bits per heavy atom. The maximum Gasteiger partial charge on any atom is 0.280 e. The topological polar surface area (TPSA) is 60.9 Å². The lowest BCUT2D eigenvalue weighted by atomic mass is 9.89. The second-order valence-corrected chi connectivity index (χ2v) is 7.48. The average molecular weight is 325 g/mol. The van der Waals surface area contributed by atoms with E-state index in [1.807, 2.05) is 30.3 Å². The lowest BCUT2D eigenvalue weighted by Gasteiger charge is -2.17. The van der Waals surface area contributed by atoms with Gasteiger partial charge in [0, 0.05) is 11.3 Å². The Kier molecular flexibility index (Phi) is 3.45. The Morgan fingerprint density at radius 1 is 1.35 bits per heavy atom. The number of aryl methyl sites for hydroxylation is 1. The van der Waals surface area contributed by atoms with Crippen molar-refractivity contribution in [1.29, 1.82) is 0 Å². The molecule has 3 aromatic rings. The molecular formula is C18H19N3OS. The first kappa shape index (κ1) is 14.5. The molecule has 2 aromatic heterocycles. The number of nitrogens with zero attached hydrogens (tertiary/aromatic N) is 2. The molecule has 0 radical (unpaired) electrons. The molecule has 0 aliphatic heterocycles. The highest BCUT2D eigenvalue weighted by molar-refractivity contribution is 7.18. The van der Waals surface area contributed by atoms with Crippen LogP contribution in [0.25, 0.3) is 10.2 Å². The van der Waals surface area contributed by atoms with Crippen molar-refractivity contribution in [2.75, 3.05) is 5.84 Å². The van der Waals surface area contributed by atoms with Gasteiger partial charge >= 0.3 is 0 Å². The normalized spacial score (nSPS) is 17.3. The van der Waals surface area contributed by atoms with Crippen molar-refractivity contribution in [1.82, 2.24) is 9.66 Å². The van der Waals surface area contributed by atoms with E-state index in [2.05, 4.69) is 6.92 Å². The van der Waals surface area contributed by atoms with Crippen LogP contribution in [0.4, 0.5) is 0 Å². The predicted molar refractivity (Wildman–Crippen MR) is 94.5 cm³/mol. The molecule has 5 heteroatoms. The molecule has 1 aromatic carbocycles. The molecule has 0 saturated carbocycles. The number of rotatable bonds is 2. The summed E-state index contributed by atoms with van der Waals surface area (Å²) in [5.41, 5.74) is 2.19. The van der Waals surface area contributed by atoms with Crippen LogP contribution in [0.5, 0.6) is 0 Å². The number of aromatic nitrogens is 2. The highest BCUT2D eigenvalue weighted by atomic mass is 32.1. The van der Waals surface area contributed by atoms with Gasteiger partial charge in [-0.05, 0) is 36.3 Å². The van der Waals surface area contributed by atoms with E-state index in [0.717, 1.165) is 28.6 Å². The number of nitrogens with two attached hydrogens (primary N) is 1. The third-order valence-corrected chi connectivity index (χ3v) is 5.82. The molecule has 0 bridgehead atoms. The fourth-order valence-electron chi connectivity index (χ4n) is 3.35. The van der Waals surface area contributed by atoms with Crippen LogP contribution in [0, 0.1) is 5.92 Å². The Bertz CT molecular complexity index is 927. The van der Waals surface area contributed by atoms with Crippen LogP contribution in [0.3, 0.4) is 0 Å². The van der Waals surface area contributed by atoms with E-state index < -0.39 is 0 Å². The molecule has 0 saturated heterocycles. The molecule has 1 aliphatic rings. The van der Waals surface area contributed by atoms with Crippen molar-refractivity contribution < 1.29 is 0 Å². The fourth-order valence-corrected chi connectivity index (χ4v) is 4.58. The monoisotopic (exact) mass is 325 g/mol. The van der Waals surface area contributed by atoms with Gasteiger partial charge in [0.05, 0.1) is 5.39 Å². The molecule has 23 heavy (non-hydrogen) atoms. The first-order valence-electron chi connectivity index (χ1n) is 7.98. The molecule has 4 rings (SSSR count). The second kappa shape index (κ2) is 5.49. The quantitative estimate of drug-likeness (QED) is 0.737. The third kappa shape index (κ3) is 2.45. The number of thiophene rings is 1. The highest BCUT2D eigenvalue weighted by Crippen LogP contribution is 2.35. The zero-order valence-electron chi connectivity index (χ0n) is 13.1. The van der Waals surface area contributed by atoms with Gasteiger partial charge in [0.15, 0.2) is 0 Å². The van der Waals surface area contributed by atoms with Crippen molar-refractivity contribution in [2.45, 2.75) is 32.6 Å². The summed E-state index contributed by atoms with van der Waals surface area (Å²) >= 11 is 1.67. The van der Waals surface area contributed by atoms with Gasteiger partial charge in [-0.1, -0.05) is 37.3 Å². The summed E-state index contributed by atoms with van der Waals surface area (Å²) in [7, 11) is 0. The zero-order chi connectivity index (χ0) is 16.0. The Balaban J connectivity index is 1.86. The largest absolute Gasteiger partial charge is 0.335 e. The van der Waals surface area contributed by atoms with Gasteiger partial charge in [-0.15, -0.1) is 11.3 Å². The van der Waals surface area contributed by atoms with Gasteiger partial charge in [-0.25, -0.2) is 9.66 Å². The van der Waals surface area contributed by atoms with Crippen LogP contribution < -0.4 is 11.4 Å². The van der Waals surface area contributed by atoms with Gasteiger partial charge in [0.1, 0.15) is 10.7 Å². The van der Waals surface area contributed by atoms with Gasteiger partial charge in [0.25, 0.3) is 5.56 Å². The molecule has 1 aliphatic carbocycles.